The van der Waals surface area contributed by atoms with Crippen molar-refractivity contribution in [2.24, 2.45) is 0 Å². The minimum Gasteiger partial charge on any atom is -0.338 e. The average Bonchev–Trinajstić information content (AvgIpc) is 3.40. The van der Waals surface area contributed by atoms with E-state index in [1.807, 2.05) is 41.0 Å². The first-order chi connectivity index (χ1) is 13.3. The summed E-state index contributed by atoms with van der Waals surface area (Å²) in [4.78, 5) is 24.1. The number of carbonyl (C=O) groups excluding carboxylic acids is 1. The van der Waals surface area contributed by atoms with Gasteiger partial charge in [-0.2, -0.15) is 0 Å². The fourth-order valence-electron chi connectivity index (χ4n) is 3.88. The zero-order valence-electron chi connectivity index (χ0n) is 15.5. The zero-order chi connectivity index (χ0) is 18.6. The van der Waals surface area contributed by atoms with E-state index in [-0.39, 0.29) is 11.8 Å². The summed E-state index contributed by atoms with van der Waals surface area (Å²) in [5.41, 5.74) is 4.87. The van der Waals surface area contributed by atoms with Crippen LogP contribution in [0.5, 0.6) is 0 Å². The van der Waals surface area contributed by atoms with Crippen molar-refractivity contribution in [3.05, 3.63) is 70.2 Å². The molecule has 0 N–H and O–H groups in total. The summed E-state index contributed by atoms with van der Waals surface area (Å²) in [6.07, 6.45) is 6.81. The number of hydrogen-bond acceptors (Lipinski definition) is 4. The normalized spacial score (nSPS) is 17.2. The van der Waals surface area contributed by atoms with Gasteiger partial charge in [-0.3, -0.25) is 4.79 Å². The van der Waals surface area contributed by atoms with Gasteiger partial charge >= 0.3 is 0 Å². The van der Waals surface area contributed by atoms with Crippen LogP contribution >= 0.6 is 11.3 Å². The van der Waals surface area contributed by atoms with Crippen LogP contribution in [0.1, 0.15) is 53.1 Å². The Morgan fingerprint density at radius 2 is 2.19 bits per heavy atom. The zero-order valence-corrected chi connectivity index (χ0v) is 16.4. The molecule has 0 unspecified atom stereocenters. The van der Waals surface area contributed by atoms with Gasteiger partial charge in [0.15, 0.2) is 0 Å². The SMILES string of the molecule is CCc1ccccc1C(=O)N1CCC[C@H](c2nccn2Cc2cscn2)C1. The van der Waals surface area contributed by atoms with Crippen molar-refractivity contribution in [1.82, 2.24) is 19.4 Å². The number of carbonyl (C=O) groups is 1. The van der Waals surface area contributed by atoms with E-state index in [2.05, 4.69) is 32.9 Å². The van der Waals surface area contributed by atoms with Gasteiger partial charge < -0.3 is 9.47 Å². The van der Waals surface area contributed by atoms with Crippen molar-refractivity contribution >= 4 is 17.2 Å². The van der Waals surface area contributed by atoms with Gasteiger partial charge in [0.25, 0.3) is 5.91 Å². The van der Waals surface area contributed by atoms with E-state index in [4.69, 9.17) is 0 Å². The van der Waals surface area contributed by atoms with Crippen LogP contribution in [-0.2, 0) is 13.0 Å². The molecule has 1 saturated heterocycles. The first kappa shape index (κ1) is 17.9. The lowest BCUT2D eigenvalue weighted by molar-refractivity contribution is 0.0702. The third-order valence-electron chi connectivity index (χ3n) is 5.27. The summed E-state index contributed by atoms with van der Waals surface area (Å²) in [6.45, 7) is 4.38. The molecule has 4 rings (SSSR count). The first-order valence-corrected chi connectivity index (χ1v) is 10.5. The topological polar surface area (TPSA) is 51.0 Å². The number of imidazole rings is 1. The third kappa shape index (κ3) is 3.81. The standard InChI is InChI=1S/C21H24N4OS/c1-2-16-6-3-4-8-19(16)21(26)25-10-5-7-17(12-25)20-22-9-11-24(20)13-18-14-27-15-23-18/h3-4,6,8-9,11,14-15,17H,2,5,7,10,12-13H2,1H3/t17-/m0/s1. The Bertz CT molecular complexity index is 903. The number of aryl methyl sites for hydroxylation is 1. The molecule has 5 nitrogen and oxygen atoms in total. The Kier molecular flexibility index (Phi) is 5.34. The number of benzene rings is 1. The Labute approximate surface area is 163 Å². The quantitative estimate of drug-likeness (QED) is 0.673. The second-order valence-electron chi connectivity index (χ2n) is 6.99. The highest BCUT2D eigenvalue weighted by Gasteiger charge is 2.28. The molecule has 1 aliphatic heterocycles. The van der Waals surface area contributed by atoms with E-state index >= 15 is 0 Å². The lowest BCUT2D eigenvalue weighted by Crippen LogP contribution is -2.40. The molecule has 0 aliphatic carbocycles. The highest BCUT2D eigenvalue weighted by atomic mass is 32.1. The van der Waals surface area contributed by atoms with Crippen LogP contribution < -0.4 is 0 Å². The summed E-state index contributed by atoms with van der Waals surface area (Å²) < 4.78 is 2.17. The van der Waals surface area contributed by atoms with E-state index in [1.165, 1.54) is 0 Å². The maximum Gasteiger partial charge on any atom is 0.254 e. The highest BCUT2D eigenvalue weighted by Crippen LogP contribution is 2.28. The number of likely N-dealkylation sites (tertiary alicyclic amines) is 1. The van der Waals surface area contributed by atoms with Crippen molar-refractivity contribution in [1.29, 1.82) is 0 Å². The smallest absolute Gasteiger partial charge is 0.254 e. The van der Waals surface area contributed by atoms with E-state index in [0.717, 1.165) is 61.5 Å². The Morgan fingerprint density at radius 1 is 1.30 bits per heavy atom. The number of rotatable bonds is 5. The Hall–Kier alpha value is -2.47. The molecule has 1 aromatic carbocycles. The minimum atomic E-state index is 0.148. The molecule has 0 bridgehead atoms. The van der Waals surface area contributed by atoms with E-state index < -0.39 is 0 Å². The lowest BCUT2D eigenvalue weighted by Gasteiger charge is -2.33. The van der Waals surface area contributed by atoms with Crippen LogP contribution in [0.2, 0.25) is 0 Å². The second-order valence-corrected chi connectivity index (χ2v) is 7.71. The summed E-state index contributed by atoms with van der Waals surface area (Å²) in [5, 5.41) is 2.07. The number of piperidine rings is 1. The molecular formula is C21H24N4OS. The Morgan fingerprint density at radius 3 is 3.00 bits per heavy atom. The molecule has 3 heterocycles. The molecule has 6 heteroatoms. The fraction of sp³-hybridized carbons (Fsp3) is 0.381. The Balaban J connectivity index is 1.52. The second kappa shape index (κ2) is 8.05. The average molecular weight is 381 g/mol. The monoisotopic (exact) mass is 380 g/mol. The molecule has 2 aromatic heterocycles. The molecule has 140 valence electrons. The van der Waals surface area contributed by atoms with Gasteiger partial charge in [-0.15, -0.1) is 11.3 Å². The van der Waals surface area contributed by atoms with Crippen LogP contribution in [0, 0.1) is 0 Å². The summed E-state index contributed by atoms with van der Waals surface area (Å²) in [7, 11) is 0. The number of nitrogens with zero attached hydrogens (tertiary/aromatic N) is 4. The summed E-state index contributed by atoms with van der Waals surface area (Å²) >= 11 is 1.61. The number of thiazole rings is 1. The number of amides is 1. The summed E-state index contributed by atoms with van der Waals surface area (Å²) in [6, 6.07) is 7.96. The molecule has 1 fully saturated rings. The maximum absolute atomic E-state index is 13.1. The summed E-state index contributed by atoms with van der Waals surface area (Å²) in [5.74, 6) is 1.48. The first-order valence-electron chi connectivity index (χ1n) is 9.51. The van der Waals surface area contributed by atoms with Gasteiger partial charge in [0.2, 0.25) is 0 Å². The molecule has 0 radical (unpaired) electrons. The van der Waals surface area contributed by atoms with Crippen molar-refractivity contribution in [3.8, 4) is 0 Å². The van der Waals surface area contributed by atoms with E-state index in [0.29, 0.717) is 0 Å². The van der Waals surface area contributed by atoms with E-state index in [9.17, 15) is 4.79 Å². The van der Waals surface area contributed by atoms with Gasteiger partial charge in [-0.1, -0.05) is 25.1 Å². The molecule has 1 aliphatic rings. The van der Waals surface area contributed by atoms with Gasteiger partial charge in [0.05, 0.1) is 17.7 Å². The molecule has 0 spiro atoms. The minimum absolute atomic E-state index is 0.148. The maximum atomic E-state index is 13.1. The molecular weight excluding hydrogens is 356 g/mol. The van der Waals surface area contributed by atoms with Crippen molar-refractivity contribution in [2.75, 3.05) is 13.1 Å². The predicted octanol–water partition coefficient (Wildman–Crippen LogP) is 3.97. The largest absolute Gasteiger partial charge is 0.338 e. The molecule has 3 aromatic rings. The van der Waals surface area contributed by atoms with Crippen molar-refractivity contribution in [2.45, 2.75) is 38.6 Å². The van der Waals surface area contributed by atoms with Crippen LogP contribution in [-0.4, -0.2) is 38.4 Å². The molecule has 1 atom stereocenters. The van der Waals surface area contributed by atoms with Crippen LogP contribution in [0.15, 0.2) is 47.5 Å². The highest BCUT2D eigenvalue weighted by molar-refractivity contribution is 7.07. The molecule has 1 amide bonds. The number of aromatic nitrogens is 3. The third-order valence-corrected chi connectivity index (χ3v) is 5.90. The lowest BCUT2D eigenvalue weighted by atomic mass is 9.95. The molecule has 0 saturated carbocycles. The molecule has 27 heavy (non-hydrogen) atoms. The number of hydrogen-bond donors (Lipinski definition) is 0. The van der Waals surface area contributed by atoms with Crippen LogP contribution in [0.4, 0.5) is 0 Å². The van der Waals surface area contributed by atoms with Crippen LogP contribution in [0.3, 0.4) is 0 Å². The van der Waals surface area contributed by atoms with Gasteiger partial charge in [-0.25, -0.2) is 9.97 Å². The van der Waals surface area contributed by atoms with Gasteiger partial charge in [-0.05, 0) is 30.9 Å². The fourth-order valence-corrected chi connectivity index (χ4v) is 4.43. The predicted molar refractivity (Wildman–Crippen MR) is 107 cm³/mol. The van der Waals surface area contributed by atoms with E-state index in [1.54, 1.807) is 11.3 Å². The van der Waals surface area contributed by atoms with Gasteiger partial charge in [0.1, 0.15) is 5.82 Å². The van der Waals surface area contributed by atoms with Crippen molar-refractivity contribution < 1.29 is 4.79 Å². The van der Waals surface area contributed by atoms with Crippen LogP contribution in [0.25, 0.3) is 0 Å². The van der Waals surface area contributed by atoms with Gasteiger partial charge in [0, 0.05) is 42.3 Å². The van der Waals surface area contributed by atoms with Crippen molar-refractivity contribution in [3.63, 3.8) is 0 Å².